The van der Waals surface area contributed by atoms with Gasteiger partial charge in [-0.25, -0.2) is 0 Å². The van der Waals surface area contributed by atoms with E-state index in [1.165, 1.54) is 13.2 Å². The van der Waals surface area contributed by atoms with Crippen molar-refractivity contribution in [2.24, 2.45) is 0 Å². The van der Waals surface area contributed by atoms with Gasteiger partial charge in [0.15, 0.2) is 0 Å². The molecule has 2 atom stereocenters. The summed E-state index contributed by atoms with van der Waals surface area (Å²) in [4.78, 5) is 10.5. The highest BCUT2D eigenvalue weighted by molar-refractivity contribution is 7.84. The van der Waals surface area contributed by atoms with Crippen LogP contribution < -0.4 is 10.1 Å². The van der Waals surface area contributed by atoms with Gasteiger partial charge in [0.1, 0.15) is 11.4 Å². The van der Waals surface area contributed by atoms with E-state index in [0.29, 0.717) is 24.4 Å². The van der Waals surface area contributed by atoms with Gasteiger partial charge in [0, 0.05) is 28.9 Å². The normalized spacial score (nSPS) is 13.6. The predicted molar refractivity (Wildman–Crippen MR) is 76.3 cm³/mol. The number of ether oxygens (including phenoxy) is 1. The average Bonchev–Trinajstić information content (AvgIpc) is 2.38. The molecular formula is C12H18N2O4S. The monoisotopic (exact) mass is 286 g/mol. The molecule has 0 heterocycles. The molecule has 19 heavy (non-hydrogen) atoms. The van der Waals surface area contributed by atoms with E-state index in [2.05, 4.69) is 5.32 Å². The van der Waals surface area contributed by atoms with Crippen LogP contribution in [0.4, 0.5) is 11.4 Å². The Morgan fingerprint density at radius 3 is 2.74 bits per heavy atom. The number of nitro benzene ring substituents is 1. The number of hydrogen-bond donors (Lipinski definition) is 1. The molecule has 6 nitrogen and oxygen atoms in total. The molecule has 0 amide bonds. The molecule has 0 bridgehead atoms. The van der Waals surface area contributed by atoms with Crippen molar-refractivity contribution in [3.8, 4) is 5.75 Å². The fraction of sp³-hybridized carbons (Fsp3) is 0.500. The minimum absolute atomic E-state index is 0.0235. The lowest BCUT2D eigenvalue weighted by Gasteiger charge is -2.11. The van der Waals surface area contributed by atoms with Crippen LogP contribution in [0.3, 0.4) is 0 Å². The molecule has 1 aromatic rings. The summed E-state index contributed by atoms with van der Waals surface area (Å²) in [5.74, 6) is 0.445. The Hall–Kier alpha value is -1.63. The fourth-order valence-electron chi connectivity index (χ4n) is 1.52. The van der Waals surface area contributed by atoms with Gasteiger partial charge in [-0.15, -0.1) is 0 Å². The van der Waals surface area contributed by atoms with Crippen LogP contribution in [-0.4, -0.2) is 34.3 Å². The maximum Gasteiger partial charge on any atom is 0.296 e. The molecule has 1 N–H and O–H groups in total. The van der Waals surface area contributed by atoms with Gasteiger partial charge in [0.25, 0.3) is 5.69 Å². The van der Waals surface area contributed by atoms with Gasteiger partial charge in [-0.3, -0.25) is 14.3 Å². The lowest BCUT2D eigenvalue weighted by Crippen LogP contribution is -2.15. The molecule has 0 saturated carbocycles. The summed E-state index contributed by atoms with van der Waals surface area (Å²) in [6.45, 7) is 2.42. The second-order valence-electron chi connectivity index (χ2n) is 4.16. The van der Waals surface area contributed by atoms with Crippen LogP contribution in [-0.2, 0) is 10.8 Å². The molecular weight excluding hydrogens is 268 g/mol. The molecule has 0 aliphatic carbocycles. The first-order chi connectivity index (χ1) is 8.95. The zero-order chi connectivity index (χ0) is 14.4. The molecule has 2 unspecified atom stereocenters. The highest BCUT2D eigenvalue weighted by Gasteiger charge is 2.15. The van der Waals surface area contributed by atoms with Crippen molar-refractivity contribution in [1.82, 2.24) is 0 Å². The fourth-order valence-corrected chi connectivity index (χ4v) is 1.96. The van der Waals surface area contributed by atoms with Crippen LogP contribution in [0.5, 0.6) is 5.75 Å². The van der Waals surface area contributed by atoms with E-state index >= 15 is 0 Å². The van der Waals surface area contributed by atoms with E-state index in [1.807, 2.05) is 6.92 Å². The third kappa shape index (κ3) is 4.51. The van der Waals surface area contributed by atoms with E-state index in [1.54, 1.807) is 18.4 Å². The standard InChI is InChI=1S/C12H18N2O4S/c1-9(19(3)17)6-7-13-11-5-4-10(18-2)8-12(11)14(15)16/h4-5,8-9,13H,6-7H2,1-3H3. The smallest absolute Gasteiger partial charge is 0.296 e. The number of nitro groups is 1. The lowest BCUT2D eigenvalue weighted by molar-refractivity contribution is -0.384. The minimum atomic E-state index is -0.881. The molecule has 0 aliphatic rings. The summed E-state index contributed by atoms with van der Waals surface area (Å²) < 4.78 is 16.2. The van der Waals surface area contributed by atoms with Crippen LogP contribution in [0.15, 0.2) is 18.2 Å². The van der Waals surface area contributed by atoms with Crippen LogP contribution >= 0.6 is 0 Å². The van der Waals surface area contributed by atoms with Crippen molar-refractivity contribution >= 4 is 22.2 Å². The first-order valence-electron chi connectivity index (χ1n) is 5.84. The highest BCUT2D eigenvalue weighted by atomic mass is 32.2. The SMILES string of the molecule is COc1ccc(NCCC(C)S(C)=O)c([N+](=O)[O-])c1. The molecule has 0 fully saturated rings. The van der Waals surface area contributed by atoms with E-state index < -0.39 is 15.7 Å². The van der Waals surface area contributed by atoms with Crippen molar-refractivity contribution in [2.45, 2.75) is 18.6 Å². The Kier molecular flexibility index (Phi) is 5.75. The first-order valence-corrected chi connectivity index (χ1v) is 7.46. The predicted octanol–water partition coefficient (Wildman–Crippen LogP) is 2.17. The number of benzene rings is 1. The van der Waals surface area contributed by atoms with Crippen LogP contribution in [0.25, 0.3) is 0 Å². The molecule has 0 spiro atoms. The Morgan fingerprint density at radius 1 is 1.53 bits per heavy atom. The summed E-state index contributed by atoms with van der Waals surface area (Å²) in [6.07, 6.45) is 2.34. The number of nitrogens with one attached hydrogen (secondary N) is 1. The topological polar surface area (TPSA) is 81.5 Å². The number of rotatable bonds is 7. The van der Waals surface area contributed by atoms with Gasteiger partial charge in [-0.05, 0) is 18.6 Å². The minimum Gasteiger partial charge on any atom is -0.496 e. The Morgan fingerprint density at radius 2 is 2.21 bits per heavy atom. The van der Waals surface area contributed by atoms with E-state index in [4.69, 9.17) is 4.74 Å². The van der Waals surface area contributed by atoms with Crippen molar-refractivity contribution < 1.29 is 13.9 Å². The van der Waals surface area contributed by atoms with Crippen molar-refractivity contribution in [1.29, 1.82) is 0 Å². The van der Waals surface area contributed by atoms with Crippen LogP contribution in [0.1, 0.15) is 13.3 Å². The van der Waals surface area contributed by atoms with Gasteiger partial charge in [-0.2, -0.15) is 0 Å². The van der Waals surface area contributed by atoms with E-state index in [0.717, 1.165) is 0 Å². The quantitative estimate of drug-likeness (QED) is 0.613. The zero-order valence-corrected chi connectivity index (χ0v) is 12.0. The number of anilines is 1. The molecule has 0 radical (unpaired) electrons. The number of methoxy groups -OCH3 is 1. The van der Waals surface area contributed by atoms with Gasteiger partial charge in [-0.1, -0.05) is 6.92 Å². The average molecular weight is 286 g/mol. The summed E-state index contributed by atoms with van der Waals surface area (Å²) in [7, 11) is 0.581. The summed E-state index contributed by atoms with van der Waals surface area (Å²) >= 11 is 0. The second kappa shape index (κ2) is 7.08. The summed E-state index contributed by atoms with van der Waals surface area (Å²) in [5.41, 5.74) is 0.421. The maximum atomic E-state index is 11.2. The van der Waals surface area contributed by atoms with Gasteiger partial charge in [0.2, 0.25) is 0 Å². The van der Waals surface area contributed by atoms with Crippen LogP contribution in [0.2, 0.25) is 0 Å². The maximum absolute atomic E-state index is 11.2. The molecule has 7 heteroatoms. The molecule has 0 saturated heterocycles. The Bertz CT molecular complexity index is 479. The van der Waals surface area contributed by atoms with Crippen molar-refractivity contribution in [3.05, 3.63) is 28.3 Å². The molecule has 1 rings (SSSR count). The zero-order valence-electron chi connectivity index (χ0n) is 11.2. The van der Waals surface area contributed by atoms with Gasteiger partial charge in [0.05, 0.1) is 18.1 Å². The second-order valence-corrected chi connectivity index (χ2v) is 5.97. The molecule has 0 aromatic heterocycles. The number of nitrogens with zero attached hydrogens (tertiary/aromatic N) is 1. The summed E-state index contributed by atoms with van der Waals surface area (Å²) in [6, 6.07) is 4.66. The molecule has 0 aliphatic heterocycles. The van der Waals surface area contributed by atoms with Crippen LogP contribution in [0, 0.1) is 10.1 Å². The lowest BCUT2D eigenvalue weighted by atomic mass is 10.2. The van der Waals surface area contributed by atoms with Gasteiger partial charge >= 0.3 is 0 Å². The summed E-state index contributed by atoms with van der Waals surface area (Å²) in [5, 5.41) is 14.0. The van der Waals surface area contributed by atoms with Crippen molar-refractivity contribution in [2.75, 3.05) is 25.2 Å². The Balaban J connectivity index is 2.72. The third-order valence-electron chi connectivity index (χ3n) is 2.83. The van der Waals surface area contributed by atoms with E-state index in [9.17, 15) is 14.3 Å². The van der Waals surface area contributed by atoms with Gasteiger partial charge < -0.3 is 10.1 Å². The first kappa shape index (κ1) is 15.4. The number of hydrogen-bond acceptors (Lipinski definition) is 5. The largest absolute Gasteiger partial charge is 0.496 e. The Labute approximate surface area is 114 Å². The van der Waals surface area contributed by atoms with E-state index in [-0.39, 0.29) is 10.9 Å². The molecule has 1 aromatic carbocycles. The highest BCUT2D eigenvalue weighted by Crippen LogP contribution is 2.28. The molecule has 106 valence electrons. The third-order valence-corrected chi connectivity index (χ3v) is 4.20. The van der Waals surface area contributed by atoms with Crippen molar-refractivity contribution in [3.63, 3.8) is 0 Å².